The average Bonchev–Trinajstić information content (AvgIpc) is 3.22. The Morgan fingerprint density at radius 2 is 1.92 bits per heavy atom. The molecule has 184 valence electrons. The summed E-state index contributed by atoms with van der Waals surface area (Å²) in [7, 11) is 0. The lowest BCUT2D eigenvalue weighted by molar-refractivity contribution is 0.102. The lowest BCUT2D eigenvalue weighted by atomic mass is 9.72. The highest BCUT2D eigenvalue weighted by Crippen LogP contribution is 2.49. The van der Waals surface area contributed by atoms with E-state index in [1.165, 1.54) is 24.4 Å². The summed E-state index contributed by atoms with van der Waals surface area (Å²) in [6.45, 7) is 0. The van der Waals surface area contributed by atoms with Gasteiger partial charge in [-0.1, -0.05) is 30.7 Å². The molecule has 3 heterocycles. The van der Waals surface area contributed by atoms with E-state index < -0.39 is 23.0 Å². The fourth-order valence-electron chi connectivity index (χ4n) is 5.15. The molecule has 2 N–H and O–H groups in total. The maximum absolute atomic E-state index is 14.5. The van der Waals surface area contributed by atoms with Gasteiger partial charge in [0.05, 0.1) is 34.3 Å². The molecule has 0 spiro atoms. The monoisotopic (exact) mass is 498 g/mol. The number of rotatable bonds is 4. The molecule has 1 aromatic carbocycles. The van der Waals surface area contributed by atoms with E-state index in [0.29, 0.717) is 17.8 Å². The third-order valence-corrected chi connectivity index (χ3v) is 6.92. The number of hydrogen-bond donors (Lipinski definition) is 2. The average molecular weight is 498 g/mol. The van der Waals surface area contributed by atoms with Crippen LogP contribution in [0, 0.1) is 11.6 Å². The van der Waals surface area contributed by atoms with Crippen molar-refractivity contribution in [2.75, 3.05) is 5.32 Å². The quantitative estimate of drug-likeness (QED) is 0.406. The Kier molecular flexibility index (Phi) is 5.44. The number of allylic oxidation sites excluding steroid dienone is 2. The van der Waals surface area contributed by atoms with Crippen molar-refractivity contribution in [3.05, 3.63) is 112 Å². The summed E-state index contributed by atoms with van der Waals surface area (Å²) >= 11 is 0. The Morgan fingerprint density at radius 3 is 2.70 bits per heavy atom. The summed E-state index contributed by atoms with van der Waals surface area (Å²) in [6.07, 6.45) is 8.90. The van der Waals surface area contributed by atoms with Crippen LogP contribution in [-0.4, -0.2) is 31.1 Å². The smallest absolute Gasteiger partial charge is 0.275 e. The molecule has 0 aliphatic heterocycles. The van der Waals surface area contributed by atoms with Crippen molar-refractivity contribution in [1.29, 1.82) is 0 Å². The van der Waals surface area contributed by atoms with Crippen LogP contribution in [0.5, 0.6) is 0 Å². The van der Waals surface area contributed by atoms with E-state index >= 15 is 0 Å². The molecule has 8 nitrogen and oxygen atoms in total. The topological polar surface area (TPSA) is 114 Å². The minimum Gasteiger partial charge on any atom is -0.324 e. The Labute approximate surface area is 209 Å². The number of aromatic nitrogens is 5. The van der Waals surface area contributed by atoms with Crippen LogP contribution < -0.4 is 10.9 Å². The number of fused-ring (bicyclic) bond motifs is 2. The minimum absolute atomic E-state index is 0.0347. The van der Waals surface area contributed by atoms with Crippen molar-refractivity contribution in [1.82, 2.24) is 25.1 Å². The van der Waals surface area contributed by atoms with Crippen LogP contribution >= 0.6 is 0 Å². The first-order valence-electron chi connectivity index (χ1n) is 11.8. The van der Waals surface area contributed by atoms with Gasteiger partial charge >= 0.3 is 0 Å². The Hall–Kier alpha value is -4.60. The van der Waals surface area contributed by atoms with Crippen molar-refractivity contribution in [3.63, 3.8) is 0 Å². The van der Waals surface area contributed by atoms with Crippen molar-refractivity contribution < 1.29 is 13.6 Å². The van der Waals surface area contributed by atoms with Crippen LogP contribution in [0.1, 0.15) is 52.6 Å². The number of halogens is 2. The second kappa shape index (κ2) is 8.81. The fourth-order valence-corrected chi connectivity index (χ4v) is 5.15. The van der Waals surface area contributed by atoms with Crippen molar-refractivity contribution in [3.8, 4) is 11.3 Å². The number of benzene rings is 1. The molecule has 3 aliphatic rings. The molecule has 7 rings (SSSR count). The first-order valence-corrected chi connectivity index (χ1v) is 11.8. The van der Waals surface area contributed by atoms with Gasteiger partial charge in [-0.15, -0.1) is 5.10 Å². The molecule has 37 heavy (non-hydrogen) atoms. The molecule has 0 radical (unpaired) electrons. The maximum atomic E-state index is 14.5. The highest BCUT2D eigenvalue weighted by atomic mass is 19.1. The van der Waals surface area contributed by atoms with Gasteiger partial charge in [0.15, 0.2) is 0 Å². The van der Waals surface area contributed by atoms with Gasteiger partial charge in [0.25, 0.3) is 11.5 Å². The largest absolute Gasteiger partial charge is 0.324 e. The SMILES string of the molecule is O=C(Nc1c[nH]c(=O)cn1)c1cccc([C@@]23C=C[C@@H](CCC2)c2cc(-c4c(F)cccc4F)nnc23)n1. The molecule has 1 amide bonds. The molecule has 4 aromatic rings. The molecule has 10 heteroatoms. The van der Waals surface area contributed by atoms with E-state index in [-0.39, 0.29) is 34.2 Å². The Morgan fingerprint density at radius 1 is 1.11 bits per heavy atom. The van der Waals surface area contributed by atoms with Gasteiger partial charge in [0.1, 0.15) is 23.1 Å². The van der Waals surface area contributed by atoms with Gasteiger partial charge in [-0.3, -0.25) is 9.59 Å². The van der Waals surface area contributed by atoms with Gasteiger partial charge in [0, 0.05) is 12.1 Å². The van der Waals surface area contributed by atoms with Crippen LogP contribution in [0.15, 0.2) is 71.8 Å². The number of nitrogens with zero attached hydrogens (tertiary/aromatic N) is 4. The van der Waals surface area contributed by atoms with Crippen molar-refractivity contribution in [2.24, 2.45) is 0 Å². The molecule has 3 aromatic heterocycles. The second-order valence-electron chi connectivity index (χ2n) is 9.12. The molecule has 0 saturated carbocycles. The van der Waals surface area contributed by atoms with Gasteiger partial charge in [-0.25, -0.2) is 18.7 Å². The molecule has 0 saturated heterocycles. The third kappa shape index (κ3) is 3.90. The number of anilines is 1. The Bertz CT molecular complexity index is 1590. The second-order valence-corrected chi connectivity index (χ2v) is 9.12. The van der Waals surface area contributed by atoms with Crippen LogP contribution in [0.2, 0.25) is 0 Å². The number of H-pyrrole nitrogens is 1. The van der Waals surface area contributed by atoms with Gasteiger partial charge in [-0.05, 0) is 48.7 Å². The van der Waals surface area contributed by atoms with E-state index in [0.717, 1.165) is 24.6 Å². The number of aromatic amines is 1. The van der Waals surface area contributed by atoms with Crippen LogP contribution in [0.3, 0.4) is 0 Å². The first kappa shape index (κ1) is 22.8. The van der Waals surface area contributed by atoms with E-state index in [9.17, 15) is 18.4 Å². The number of amides is 1. The highest BCUT2D eigenvalue weighted by Gasteiger charge is 2.43. The zero-order chi connectivity index (χ0) is 25.6. The zero-order valence-electron chi connectivity index (χ0n) is 19.4. The van der Waals surface area contributed by atoms with E-state index in [2.05, 4.69) is 42.6 Å². The standard InChI is InChI=1S/C27H20F2N6O2/c28-17-5-1-6-18(29)24(17)20-12-16-15-4-3-10-27(11-9-15,25(16)35-34-20)21-8-2-7-19(32-21)26(37)33-22-13-31-23(36)14-30-22/h1-2,5-9,11-15H,3-4,10H2,(H,31,36)(H,30,33,37)/t15-,27+/m1/s1. The molecule has 0 unspecified atom stereocenters. The number of nitrogens with one attached hydrogen (secondary N) is 2. The summed E-state index contributed by atoms with van der Waals surface area (Å²) in [5.41, 5.74) is 1.11. The number of pyridine rings is 1. The third-order valence-electron chi connectivity index (χ3n) is 6.92. The Balaban J connectivity index is 1.41. The van der Waals surface area contributed by atoms with E-state index in [1.54, 1.807) is 18.2 Å². The molecular formula is C27H20F2N6O2. The highest BCUT2D eigenvalue weighted by molar-refractivity contribution is 6.02. The predicted octanol–water partition coefficient (Wildman–Crippen LogP) is 4.28. The molecule has 3 aliphatic carbocycles. The van der Waals surface area contributed by atoms with Crippen LogP contribution in [0.25, 0.3) is 11.3 Å². The summed E-state index contributed by atoms with van der Waals surface area (Å²) in [6, 6.07) is 10.6. The van der Waals surface area contributed by atoms with E-state index in [4.69, 9.17) is 0 Å². The van der Waals surface area contributed by atoms with Gasteiger partial charge < -0.3 is 10.3 Å². The summed E-state index contributed by atoms with van der Waals surface area (Å²) < 4.78 is 29.0. The summed E-state index contributed by atoms with van der Waals surface area (Å²) in [4.78, 5) is 35.2. The lowest BCUT2D eigenvalue weighted by Crippen LogP contribution is -2.31. The summed E-state index contributed by atoms with van der Waals surface area (Å²) in [5, 5.41) is 11.4. The van der Waals surface area contributed by atoms with Gasteiger partial charge in [0.2, 0.25) is 0 Å². The summed E-state index contributed by atoms with van der Waals surface area (Å²) in [5.74, 6) is -1.66. The van der Waals surface area contributed by atoms with Gasteiger partial charge in [-0.2, -0.15) is 5.10 Å². The normalized spacial score (nSPS) is 19.8. The molecular weight excluding hydrogens is 478 g/mol. The van der Waals surface area contributed by atoms with E-state index in [1.807, 2.05) is 6.07 Å². The maximum Gasteiger partial charge on any atom is 0.275 e. The minimum atomic E-state index is -0.742. The molecule has 0 fully saturated rings. The van der Waals surface area contributed by atoms with Crippen LogP contribution in [-0.2, 0) is 5.41 Å². The molecule has 2 bridgehead atoms. The zero-order valence-corrected chi connectivity index (χ0v) is 19.4. The fraction of sp³-hybridized carbons (Fsp3) is 0.185. The van der Waals surface area contributed by atoms with Crippen molar-refractivity contribution >= 4 is 11.7 Å². The first-order chi connectivity index (χ1) is 17.9. The predicted molar refractivity (Wildman–Crippen MR) is 131 cm³/mol. The number of carbonyl (C=O) groups excluding carboxylic acids is 1. The number of carbonyl (C=O) groups is 1. The van der Waals surface area contributed by atoms with Crippen molar-refractivity contribution in [2.45, 2.75) is 30.6 Å². The number of hydrogen-bond acceptors (Lipinski definition) is 6. The van der Waals surface area contributed by atoms with Crippen LogP contribution in [0.4, 0.5) is 14.6 Å². The lowest BCUT2D eigenvalue weighted by Gasteiger charge is -2.33. The molecule has 2 atom stereocenters.